The van der Waals surface area contributed by atoms with Crippen LogP contribution in [0.4, 0.5) is 0 Å². The molecule has 0 atom stereocenters. The molecule has 0 bridgehead atoms. The van der Waals surface area contributed by atoms with Crippen LogP contribution in [0.25, 0.3) is 5.53 Å². The first kappa shape index (κ1) is 17.4. The third-order valence-electron chi connectivity index (χ3n) is 0. The second-order valence-corrected chi connectivity index (χ2v) is 0.141. The topological polar surface area (TPSA) is 56.6 Å². The van der Waals surface area contributed by atoms with E-state index in [4.69, 9.17) is 10.6 Å². The second kappa shape index (κ2) is 154. The Kier molecular flexibility index (Phi) is 447. The minimum atomic E-state index is 0. The molecule has 0 aromatic heterocycles. The highest BCUT2D eigenvalue weighted by Gasteiger charge is 0.932. The van der Waals surface area contributed by atoms with E-state index in [2.05, 4.69) is 11.5 Å². The first-order chi connectivity index (χ1) is 2.41. The van der Waals surface area contributed by atoms with Gasteiger partial charge in [0.2, 0.25) is 6.72 Å². The van der Waals surface area contributed by atoms with Crippen molar-refractivity contribution in [2.24, 2.45) is 0 Å². The summed E-state index contributed by atoms with van der Waals surface area (Å²) in [5, 5.41) is 7.00. The monoisotopic (exact) mass is 110 g/mol. The van der Waals surface area contributed by atoms with Crippen LogP contribution in [0.3, 0.4) is 0 Å². The fourth-order valence-corrected chi connectivity index (χ4v) is 0. The van der Waals surface area contributed by atoms with Gasteiger partial charge in [0.1, 0.15) is 0 Å². The first-order valence-electron chi connectivity index (χ1n) is 0.963. The van der Waals surface area contributed by atoms with E-state index >= 15 is 0 Å². The summed E-state index contributed by atoms with van der Waals surface area (Å²) in [7, 11) is 1.00. The minimum Gasteiger partial charge on any atom is -0.400 e. The van der Waals surface area contributed by atoms with Crippen molar-refractivity contribution in [1.29, 1.82) is 0 Å². The lowest BCUT2D eigenvalue weighted by atomic mass is 11.8. The van der Waals surface area contributed by atoms with Gasteiger partial charge in [-0.25, -0.2) is 0 Å². The number of hydrogen-bond acceptors (Lipinski definition) is 1. The molecule has 0 radical (unpaired) electrons. The lowest BCUT2D eigenvalue weighted by Crippen LogP contribution is -1.25. The largest absolute Gasteiger partial charge is 0.400 e. The second-order valence-electron chi connectivity index (χ2n) is 0.141. The van der Waals surface area contributed by atoms with Crippen molar-refractivity contribution in [1.82, 2.24) is 0 Å². The zero-order chi connectivity index (χ0) is 4.71. The quantitative estimate of drug-likeness (QED) is 0.265. The molecule has 0 saturated carbocycles. The molecule has 0 aromatic rings. The van der Waals surface area contributed by atoms with E-state index in [0.717, 1.165) is 7.11 Å². The molecule has 0 heterocycles. The predicted molar refractivity (Wildman–Crippen MR) is 26.1 cm³/mol. The molecule has 1 N–H and O–H groups in total. The number of nitrogens with zero attached hydrogens (tertiary/aromatic N) is 2. The van der Waals surface area contributed by atoms with Crippen molar-refractivity contribution in [2.45, 2.75) is 0 Å². The van der Waals surface area contributed by atoms with E-state index in [1.165, 1.54) is 0 Å². The van der Waals surface area contributed by atoms with Crippen LogP contribution in [0, 0.1) is 0 Å². The highest BCUT2D eigenvalue weighted by atomic mass is 35.5. The third-order valence-corrected chi connectivity index (χ3v) is 0. The standard InChI is InChI=1S/CH2N2.CH4O.ClH/c1-3-2;1-2;/h1H2;2H,1H3;1H. The smallest absolute Gasteiger partial charge is 0.245 e. The lowest BCUT2D eigenvalue weighted by molar-refractivity contribution is 0.0110. The normalized spacial score (nSPS) is 2.33. The van der Waals surface area contributed by atoms with Crippen LogP contribution in [-0.4, -0.2) is 23.7 Å². The molecule has 0 aliphatic carbocycles. The predicted octanol–water partition coefficient (Wildman–Crippen LogP) is -0.0529. The van der Waals surface area contributed by atoms with Crippen molar-refractivity contribution in [3.05, 3.63) is 5.53 Å². The number of aliphatic hydroxyl groups excluding tert-OH is 1. The molecule has 38 valence electrons. The Morgan fingerprint density at radius 3 is 1.67 bits per heavy atom. The van der Waals surface area contributed by atoms with Crippen LogP contribution in [0.15, 0.2) is 0 Å². The van der Waals surface area contributed by atoms with Gasteiger partial charge in [-0.2, -0.15) is 4.79 Å². The van der Waals surface area contributed by atoms with E-state index in [9.17, 15) is 0 Å². The van der Waals surface area contributed by atoms with E-state index in [0.29, 0.717) is 0 Å². The van der Waals surface area contributed by atoms with E-state index in [1.807, 2.05) is 0 Å². The summed E-state index contributed by atoms with van der Waals surface area (Å²) < 4.78 is 0. The highest BCUT2D eigenvalue weighted by molar-refractivity contribution is 5.85. The minimum absolute atomic E-state index is 0. The molecule has 0 aliphatic heterocycles. The summed E-state index contributed by atoms with van der Waals surface area (Å²) in [4.78, 5) is 2.25. The van der Waals surface area contributed by atoms with Crippen LogP contribution in [-0.2, 0) is 0 Å². The maximum absolute atomic E-state index is 7.08. The van der Waals surface area contributed by atoms with E-state index in [-0.39, 0.29) is 12.4 Å². The average Bonchev–Trinajstić information content (AvgIpc) is 1.46. The fourth-order valence-electron chi connectivity index (χ4n) is 0. The Morgan fingerprint density at radius 2 is 1.67 bits per heavy atom. The first-order valence-corrected chi connectivity index (χ1v) is 0.963. The molecule has 0 aliphatic rings. The highest BCUT2D eigenvalue weighted by Crippen LogP contribution is 0.902. The van der Waals surface area contributed by atoms with Gasteiger partial charge >= 0.3 is 0 Å². The molecule has 0 spiro atoms. The number of rotatable bonds is 0. The van der Waals surface area contributed by atoms with Gasteiger partial charge in [0.05, 0.1) is 0 Å². The van der Waals surface area contributed by atoms with Crippen molar-refractivity contribution < 1.29 is 9.90 Å². The van der Waals surface area contributed by atoms with Crippen molar-refractivity contribution >= 4 is 19.1 Å². The maximum atomic E-state index is 7.08. The van der Waals surface area contributed by atoms with Gasteiger partial charge in [0.25, 0.3) is 0 Å². The number of aliphatic hydroxyl groups is 1. The van der Waals surface area contributed by atoms with Crippen molar-refractivity contribution in [3.63, 3.8) is 0 Å². The Balaban J connectivity index is -0.0000000275. The summed E-state index contributed by atoms with van der Waals surface area (Å²) in [6, 6.07) is 0. The number of halogens is 1. The van der Waals surface area contributed by atoms with Crippen LogP contribution in [0.5, 0.6) is 0 Å². The van der Waals surface area contributed by atoms with Crippen LogP contribution >= 0.6 is 12.4 Å². The molecule has 6 heavy (non-hydrogen) atoms. The molecule has 4 heteroatoms. The van der Waals surface area contributed by atoms with Crippen LogP contribution < -0.4 is 0 Å². The van der Waals surface area contributed by atoms with Gasteiger partial charge in [-0.05, 0) is 0 Å². The van der Waals surface area contributed by atoms with E-state index in [1.54, 1.807) is 0 Å². The van der Waals surface area contributed by atoms with Crippen molar-refractivity contribution in [2.75, 3.05) is 7.11 Å². The van der Waals surface area contributed by atoms with Gasteiger partial charge in [-0.3, -0.25) is 0 Å². The van der Waals surface area contributed by atoms with Gasteiger partial charge < -0.3 is 10.6 Å². The lowest BCUT2D eigenvalue weighted by Gasteiger charge is -1.21. The summed E-state index contributed by atoms with van der Waals surface area (Å²) >= 11 is 0. The third kappa shape index (κ3) is 183. The summed E-state index contributed by atoms with van der Waals surface area (Å²) in [5.41, 5.74) is 7.08. The molecule has 0 unspecified atom stereocenters. The van der Waals surface area contributed by atoms with Gasteiger partial charge in [0, 0.05) is 7.11 Å². The Bertz CT molecular complexity index is 32.5. The van der Waals surface area contributed by atoms with Crippen LogP contribution in [0.1, 0.15) is 0 Å². The Labute approximate surface area is 42.6 Å². The zero-order valence-corrected chi connectivity index (χ0v) is 4.27. The number of hydrogen-bond donors (Lipinski definition) is 1. The fraction of sp³-hybridized carbons (Fsp3) is 0.500. The zero-order valence-electron chi connectivity index (χ0n) is 3.46. The molecule has 0 amide bonds. The summed E-state index contributed by atoms with van der Waals surface area (Å²) in [5.74, 6) is 0. The van der Waals surface area contributed by atoms with Crippen molar-refractivity contribution in [3.8, 4) is 0 Å². The summed E-state index contributed by atoms with van der Waals surface area (Å²) in [6.07, 6.45) is 0. The summed E-state index contributed by atoms with van der Waals surface area (Å²) in [6.45, 7) is 2.67. The molecule has 0 aromatic carbocycles. The molecule has 3 nitrogen and oxygen atoms in total. The van der Waals surface area contributed by atoms with Gasteiger partial charge in [-0.1, -0.05) is 0 Å². The molecule has 0 fully saturated rings. The molecular formula is C2H7ClN2O. The maximum Gasteiger partial charge on any atom is 0.245 e. The SMILES string of the molecule is C=[N+]=[N-].CO.Cl. The molecule has 0 rings (SSSR count). The Hall–Kier alpha value is -0.370. The van der Waals surface area contributed by atoms with Gasteiger partial charge in [-0.15, -0.1) is 12.4 Å². The molecular weight excluding hydrogens is 103 g/mol. The average molecular weight is 111 g/mol. The van der Waals surface area contributed by atoms with Crippen LogP contribution in [0.2, 0.25) is 0 Å². The van der Waals surface area contributed by atoms with Gasteiger partial charge in [0.15, 0.2) is 0 Å². The van der Waals surface area contributed by atoms with E-state index < -0.39 is 0 Å². The Morgan fingerprint density at radius 1 is 1.67 bits per heavy atom. The molecule has 0 saturated heterocycles.